The quantitative estimate of drug-likeness (QED) is 0.596. The van der Waals surface area contributed by atoms with E-state index < -0.39 is 30.5 Å². The normalized spacial score (nSPS) is 11.7. The van der Waals surface area contributed by atoms with Gasteiger partial charge in [-0.1, -0.05) is 0 Å². The number of rotatable bonds is 4. The Morgan fingerprint density at radius 1 is 1.44 bits per heavy atom. The highest BCUT2D eigenvalue weighted by Gasteiger charge is 2.18. The Hall–Kier alpha value is -1.42. The van der Waals surface area contributed by atoms with E-state index in [4.69, 9.17) is 10.2 Å². The van der Waals surface area contributed by atoms with Gasteiger partial charge in [-0.25, -0.2) is 14.0 Å². The third-order valence-corrected chi connectivity index (χ3v) is 2.86. The summed E-state index contributed by atoms with van der Waals surface area (Å²) in [5, 5.41) is 21.8. The van der Waals surface area contributed by atoms with Gasteiger partial charge in [-0.15, -0.1) is 0 Å². The Kier molecular flexibility index (Phi) is 5.28. The molecule has 0 heterocycles. The number of halogens is 2. The summed E-state index contributed by atoms with van der Waals surface area (Å²) in [5.41, 5.74) is 0.344. The monoisotopic (exact) mass is 368 g/mol. The van der Waals surface area contributed by atoms with Crippen LogP contribution in [0.4, 0.5) is 14.9 Å². The van der Waals surface area contributed by atoms with Crippen LogP contribution in [0.3, 0.4) is 0 Å². The number of hydrogen-bond acceptors (Lipinski definition) is 3. The number of carboxylic acids is 1. The second-order valence-corrected chi connectivity index (χ2v) is 4.46. The highest BCUT2D eigenvalue weighted by atomic mass is 127. The lowest BCUT2D eigenvalue weighted by Gasteiger charge is -2.13. The molecule has 0 spiro atoms. The van der Waals surface area contributed by atoms with Crippen LogP contribution < -0.4 is 10.6 Å². The number of carboxylic acid groups (broad SMARTS) is 1. The number of amides is 2. The number of aliphatic carboxylic acids is 1. The predicted octanol–water partition coefficient (Wildman–Crippen LogP) is 0.997. The number of aliphatic hydroxyl groups is 1. The molecule has 4 N–H and O–H groups in total. The van der Waals surface area contributed by atoms with Crippen molar-refractivity contribution in [3.05, 3.63) is 27.6 Å². The van der Waals surface area contributed by atoms with Gasteiger partial charge < -0.3 is 20.8 Å². The molecule has 6 nitrogen and oxygen atoms in total. The molecule has 0 saturated carbocycles. The van der Waals surface area contributed by atoms with Crippen LogP contribution in [0.2, 0.25) is 0 Å². The highest BCUT2D eigenvalue weighted by Crippen LogP contribution is 2.18. The fourth-order valence-corrected chi connectivity index (χ4v) is 1.71. The lowest BCUT2D eigenvalue weighted by atomic mass is 10.3. The Morgan fingerprint density at radius 2 is 2.11 bits per heavy atom. The van der Waals surface area contributed by atoms with Crippen molar-refractivity contribution in [2.75, 3.05) is 11.9 Å². The van der Waals surface area contributed by atoms with Gasteiger partial charge in [-0.05, 0) is 40.8 Å². The van der Waals surface area contributed by atoms with Crippen molar-refractivity contribution in [2.45, 2.75) is 6.04 Å². The standard InChI is InChI=1S/C10H10FIN2O4/c11-5-1-2-7(6(12)3-5)13-10(18)14-8(4-15)9(16)17/h1-3,8,15H,4H2,(H,16,17)(H2,13,14,18)/t8-/m1/s1. The zero-order chi connectivity index (χ0) is 13.7. The van der Waals surface area contributed by atoms with Crippen LogP contribution in [0.5, 0.6) is 0 Å². The molecule has 0 radical (unpaired) electrons. The van der Waals surface area contributed by atoms with Gasteiger partial charge in [-0.2, -0.15) is 0 Å². The minimum Gasteiger partial charge on any atom is -0.480 e. The fourth-order valence-electron chi connectivity index (χ4n) is 1.09. The van der Waals surface area contributed by atoms with Gasteiger partial charge in [0.25, 0.3) is 0 Å². The maximum absolute atomic E-state index is 12.8. The van der Waals surface area contributed by atoms with E-state index in [-0.39, 0.29) is 0 Å². The number of aliphatic hydroxyl groups excluding tert-OH is 1. The maximum Gasteiger partial charge on any atom is 0.328 e. The summed E-state index contributed by atoms with van der Waals surface area (Å²) in [6.45, 7) is -0.719. The molecule has 0 saturated heterocycles. The van der Waals surface area contributed by atoms with E-state index in [2.05, 4.69) is 10.6 Å². The summed E-state index contributed by atoms with van der Waals surface area (Å²) in [5.74, 6) is -1.79. The van der Waals surface area contributed by atoms with Gasteiger partial charge in [0.15, 0.2) is 6.04 Å². The molecule has 1 atom stereocenters. The van der Waals surface area contributed by atoms with Crippen molar-refractivity contribution in [3.63, 3.8) is 0 Å². The van der Waals surface area contributed by atoms with Gasteiger partial charge in [0.2, 0.25) is 0 Å². The molecule has 0 aliphatic carbocycles. The van der Waals surface area contributed by atoms with Crippen LogP contribution in [-0.4, -0.2) is 34.9 Å². The SMILES string of the molecule is O=C(Nc1ccc(F)cc1I)N[C@H](CO)C(=O)O. The molecule has 98 valence electrons. The molecule has 2 amide bonds. The van der Waals surface area contributed by atoms with Crippen molar-refractivity contribution in [1.82, 2.24) is 5.32 Å². The topological polar surface area (TPSA) is 98.7 Å². The van der Waals surface area contributed by atoms with Crippen LogP contribution in [0.1, 0.15) is 0 Å². The lowest BCUT2D eigenvalue weighted by molar-refractivity contribution is -0.140. The first-order valence-corrected chi connectivity index (χ1v) is 5.88. The molecule has 8 heteroatoms. The summed E-state index contributed by atoms with van der Waals surface area (Å²) in [4.78, 5) is 22.0. The minimum absolute atomic E-state index is 0.344. The Balaban J connectivity index is 2.67. The molecule has 18 heavy (non-hydrogen) atoms. The number of hydrogen-bond donors (Lipinski definition) is 4. The zero-order valence-corrected chi connectivity index (χ0v) is 11.1. The second-order valence-electron chi connectivity index (χ2n) is 3.30. The van der Waals surface area contributed by atoms with Gasteiger partial charge in [-0.3, -0.25) is 0 Å². The van der Waals surface area contributed by atoms with E-state index in [1.54, 1.807) is 0 Å². The molecule has 1 aromatic carbocycles. The van der Waals surface area contributed by atoms with Gasteiger partial charge in [0.1, 0.15) is 5.82 Å². The number of nitrogens with one attached hydrogen (secondary N) is 2. The number of carbonyl (C=O) groups excluding carboxylic acids is 1. The first-order valence-electron chi connectivity index (χ1n) is 4.80. The minimum atomic E-state index is -1.39. The molecule has 0 bridgehead atoms. The largest absolute Gasteiger partial charge is 0.480 e. The van der Waals surface area contributed by atoms with Crippen LogP contribution in [0.15, 0.2) is 18.2 Å². The average Bonchev–Trinajstić information content (AvgIpc) is 2.29. The molecule has 0 unspecified atom stereocenters. The van der Waals surface area contributed by atoms with E-state index in [1.165, 1.54) is 18.2 Å². The molecule has 0 aliphatic heterocycles. The molecule has 0 aromatic heterocycles. The van der Waals surface area contributed by atoms with Gasteiger partial charge in [0, 0.05) is 3.57 Å². The molecular formula is C10H10FIN2O4. The van der Waals surface area contributed by atoms with Crippen LogP contribution in [-0.2, 0) is 4.79 Å². The van der Waals surface area contributed by atoms with Crippen LogP contribution in [0.25, 0.3) is 0 Å². The van der Waals surface area contributed by atoms with E-state index in [0.29, 0.717) is 9.26 Å². The first-order chi connectivity index (χ1) is 8.43. The smallest absolute Gasteiger partial charge is 0.328 e. The third-order valence-electron chi connectivity index (χ3n) is 1.97. The first kappa shape index (κ1) is 14.6. The van der Waals surface area contributed by atoms with Gasteiger partial charge in [0.05, 0.1) is 12.3 Å². The van der Waals surface area contributed by atoms with E-state index >= 15 is 0 Å². The fraction of sp³-hybridized carbons (Fsp3) is 0.200. The number of benzene rings is 1. The lowest BCUT2D eigenvalue weighted by Crippen LogP contribution is -2.45. The predicted molar refractivity (Wildman–Crippen MR) is 69.8 cm³/mol. The Labute approximate surface area is 115 Å². The Morgan fingerprint density at radius 3 is 2.61 bits per heavy atom. The second kappa shape index (κ2) is 6.50. The summed E-state index contributed by atoms with van der Waals surface area (Å²) in [6.07, 6.45) is 0. The summed E-state index contributed by atoms with van der Waals surface area (Å²) in [7, 11) is 0. The van der Waals surface area contributed by atoms with Gasteiger partial charge >= 0.3 is 12.0 Å². The van der Waals surface area contributed by atoms with E-state index in [1.807, 2.05) is 22.6 Å². The average molecular weight is 368 g/mol. The maximum atomic E-state index is 12.8. The van der Waals surface area contributed by atoms with Crippen molar-refractivity contribution in [1.29, 1.82) is 0 Å². The molecular weight excluding hydrogens is 358 g/mol. The summed E-state index contributed by atoms with van der Waals surface area (Å²) in [6, 6.07) is 1.56. The molecule has 1 rings (SSSR count). The summed E-state index contributed by atoms with van der Waals surface area (Å²) < 4.78 is 13.3. The summed E-state index contributed by atoms with van der Waals surface area (Å²) >= 11 is 1.83. The zero-order valence-electron chi connectivity index (χ0n) is 8.98. The van der Waals surface area contributed by atoms with Crippen LogP contribution in [0, 0.1) is 9.39 Å². The van der Waals surface area contributed by atoms with Crippen molar-refractivity contribution < 1.29 is 24.2 Å². The number of carbonyl (C=O) groups is 2. The van der Waals surface area contributed by atoms with E-state index in [0.717, 1.165) is 0 Å². The molecule has 0 aliphatic rings. The Bertz CT molecular complexity index is 469. The van der Waals surface area contributed by atoms with E-state index in [9.17, 15) is 14.0 Å². The van der Waals surface area contributed by atoms with Crippen molar-refractivity contribution >= 4 is 40.3 Å². The molecule has 0 fully saturated rings. The third kappa shape index (κ3) is 4.11. The van der Waals surface area contributed by atoms with Crippen LogP contribution >= 0.6 is 22.6 Å². The number of anilines is 1. The number of urea groups is 1. The molecule has 1 aromatic rings. The van der Waals surface area contributed by atoms with Crippen molar-refractivity contribution in [3.8, 4) is 0 Å². The van der Waals surface area contributed by atoms with Crippen molar-refractivity contribution in [2.24, 2.45) is 0 Å². The highest BCUT2D eigenvalue weighted by molar-refractivity contribution is 14.1.